The zero-order valence-electron chi connectivity index (χ0n) is 13.9. The van der Waals surface area contributed by atoms with Gasteiger partial charge in [-0.1, -0.05) is 38.1 Å². The van der Waals surface area contributed by atoms with Gasteiger partial charge in [0.2, 0.25) is 0 Å². The van der Waals surface area contributed by atoms with Crippen LogP contribution in [-0.4, -0.2) is 18.9 Å². The Morgan fingerprint density at radius 1 is 1.23 bits per heavy atom. The lowest BCUT2D eigenvalue weighted by Gasteiger charge is -2.00. The Bertz CT molecular complexity index is 464. The van der Waals surface area contributed by atoms with Crippen LogP contribution in [0, 0.1) is 0 Å². The van der Waals surface area contributed by atoms with E-state index in [4.69, 9.17) is 5.73 Å². The first kappa shape index (κ1) is 19.9. The third-order valence-corrected chi connectivity index (χ3v) is 3.03. The van der Waals surface area contributed by atoms with Crippen molar-refractivity contribution < 1.29 is 14.3 Å². The number of esters is 1. The van der Waals surface area contributed by atoms with Gasteiger partial charge in [-0.3, -0.25) is 9.59 Å². The van der Waals surface area contributed by atoms with Crippen molar-refractivity contribution in [3.05, 3.63) is 42.0 Å². The van der Waals surface area contributed by atoms with E-state index in [0.717, 1.165) is 29.7 Å². The molecule has 4 heteroatoms. The molecule has 2 N–H and O–H groups in total. The minimum atomic E-state index is -0.183. The Kier molecular flexibility index (Phi) is 10.4. The number of nitrogen functional groups attached to an aromatic ring is 1. The summed E-state index contributed by atoms with van der Waals surface area (Å²) in [5.41, 5.74) is 8.45. The molecule has 0 atom stereocenters. The van der Waals surface area contributed by atoms with Crippen molar-refractivity contribution in [2.45, 2.75) is 46.0 Å². The van der Waals surface area contributed by atoms with E-state index >= 15 is 0 Å². The number of aryl methyl sites for hydroxylation is 1. The molecule has 0 unspecified atom stereocenters. The molecule has 0 saturated heterocycles. The van der Waals surface area contributed by atoms with Gasteiger partial charge in [-0.25, -0.2) is 0 Å². The van der Waals surface area contributed by atoms with Crippen LogP contribution in [0.3, 0.4) is 0 Å². The van der Waals surface area contributed by atoms with Gasteiger partial charge in [0.25, 0.3) is 0 Å². The molecule has 1 aromatic rings. The topological polar surface area (TPSA) is 69.4 Å². The third-order valence-electron chi connectivity index (χ3n) is 3.03. The van der Waals surface area contributed by atoms with E-state index in [1.165, 1.54) is 7.11 Å². The Hall–Kier alpha value is -2.10. The van der Waals surface area contributed by atoms with Gasteiger partial charge in [-0.2, -0.15) is 0 Å². The van der Waals surface area contributed by atoms with Gasteiger partial charge in [0.15, 0.2) is 0 Å². The average Bonchev–Trinajstić information content (AvgIpc) is 2.92. The summed E-state index contributed by atoms with van der Waals surface area (Å²) in [4.78, 5) is 21.2. The van der Waals surface area contributed by atoms with Crippen LogP contribution in [0.25, 0.3) is 0 Å². The maximum Gasteiger partial charge on any atom is 0.305 e. The van der Waals surface area contributed by atoms with Crippen molar-refractivity contribution in [1.82, 2.24) is 0 Å². The van der Waals surface area contributed by atoms with Gasteiger partial charge < -0.3 is 10.5 Å². The summed E-state index contributed by atoms with van der Waals surface area (Å²) < 4.78 is 4.53. The van der Waals surface area contributed by atoms with Gasteiger partial charge >= 0.3 is 5.97 Å². The minimum absolute atomic E-state index is 0.183. The zero-order valence-corrected chi connectivity index (χ0v) is 13.9. The molecule has 1 fully saturated rings. The summed E-state index contributed by atoms with van der Waals surface area (Å²) in [5.74, 6) is 0.168. The van der Waals surface area contributed by atoms with Gasteiger partial charge in [-0.15, -0.1) is 0 Å². The summed E-state index contributed by atoms with van der Waals surface area (Å²) in [6.07, 6.45) is 3.42. The zero-order chi connectivity index (χ0) is 17.0. The number of nitrogens with two attached hydrogens (primary N) is 1. The molecule has 1 saturated carbocycles. The van der Waals surface area contributed by atoms with E-state index in [0.29, 0.717) is 25.0 Å². The van der Waals surface area contributed by atoms with E-state index < -0.39 is 0 Å². The van der Waals surface area contributed by atoms with Gasteiger partial charge in [0.05, 0.1) is 7.11 Å². The normalized spacial score (nSPS) is 12.7. The molecule has 0 amide bonds. The van der Waals surface area contributed by atoms with E-state index in [9.17, 15) is 9.59 Å². The maximum atomic E-state index is 10.8. The Morgan fingerprint density at radius 3 is 2.18 bits per heavy atom. The lowest BCUT2D eigenvalue weighted by atomic mass is 10.1. The fourth-order valence-corrected chi connectivity index (χ4v) is 1.80. The number of allylic oxidation sites excluding steroid dienone is 1. The highest BCUT2D eigenvalue weighted by Gasteiger charge is 2.11. The molecule has 0 spiro atoms. The minimum Gasteiger partial charge on any atom is -0.469 e. The first-order chi connectivity index (χ1) is 10.5. The molecular weight excluding hydrogens is 278 g/mol. The Balaban J connectivity index is 0.000000412. The van der Waals surface area contributed by atoms with Crippen LogP contribution in [0.5, 0.6) is 0 Å². The van der Waals surface area contributed by atoms with Crippen molar-refractivity contribution in [3.8, 4) is 0 Å². The Morgan fingerprint density at radius 2 is 1.82 bits per heavy atom. The van der Waals surface area contributed by atoms with E-state index in [-0.39, 0.29) is 5.97 Å². The summed E-state index contributed by atoms with van der Waals surface area (Å²) >= 11 is 0. The smallest absolute Gasteiger partial charge is 0.305 e. The lowest BCUT2D eigenvalue weighted by molar-refractivity contribution is -0.140. The van der Waals surface area contributed by atoms with E-state index in [1.54, 1.807) is 0 Å². The average molecular weight is 305 g/mol. The largest absolute Gasteiger partial charge is 0.469 e. The summed E-state index contributed by atoms with van der Waals surface area (Å²) in [5, 5.41) is 0. The first-order valence-corrected chi connectivity index (χ1v) is 7.61. The highest BCUT2D eigenvalue weighted by atomic mass is 16.5. The fourth-order valence-electron chi connectivity index (χ4n) is 1.80. The lowest BCUT2D eigenvalue weighted by Crippen LogP contribution is -2.01. The quantitative estimate of drug-likeness (QED) is 0.525. The van der Waals surface area contributed by atoms with E-state index in [1.807, 2.05) is 38.1 Å². The summed E-state index contributed by atoms with van der Waals surface area (Å²) in [7, 11) is 1.39. The SMILES string of the molecule is C=C1CCC(=O)C1.CC.COC(=O)CCc1ccc(N)cc1. The molecule has 0 radical (unpaired) electrons. The molecule has 122 valence electrons. The predicted octanol–water partition coefficient (Wildman–Crippen LogP) is 3.70. The second kappa shape index (κ2) is 11.5. The molecule has 1 aromatic carbocycles. The van der Waals surface area contributed by atoms with E-state index in [2.05, 4.69) is 11.3 Å². The number of hydrogen-bond donors (Lipinski definition) is 1. The highest BCUT2D eigenvalue weighted by molar-refractivity contribution is 5.83. The molecule has 2 rings (SSSR count). The van der Waals surface area contributed by atoms with Crippen LogP contribution in [-0.2, 0) is 20.7 Å². The summed E-state index contributed by atoms with van der Waals surface area (Å²) in [6, 6.07) is 7.48. The second-order valence-corrected chi connectivity index (χ2v) is 4.78. The highest BCUT2D eigenvalue weighted by Crippen LogP contribution is 2.17. The van der Waals surface area contributed by atoms with Crippen molar-refractivity contribution in [1.29, 1.82) is 0 Å². The number of ether oxygens (including phenoxy) is 1. The molecule has 22 heavy (non-hydrogen) atoms. The number of Topliss-reactive ketones (excluding diaryl/α,β-unsaturated/α-hetero) is 1. The molecule has 4 nitrogen and oxygen atoms in total. The number of ketones is 1. The van der Waals surface area contributed by atoms with Gasteiger partial charge in [0, 0.05) is 24.9 Å². The van der Waals surface area contributed by atoms with Crippen molar-refractivity contribution >= 4 is 17.4 Å². The molecule has 0 aromatic heterocycles. The number of carbonyl (C=O) groups is 2. The van der Waals surface area contributed by atoms with Crippen LogP contribution >= 0.6 is 0 Å². The maximum absolute atomic E-state index is 10.8. The van der Waals surface area contributed by atoms with Gasteiger partial charge in [0.1, 0.15) is 5.78 Å². The van der Waals surface area contributed by atoms with Crippen LogP contribution in [0.2, 0.25) is 0 Å². The molecule has 0 bridgehead atoms. The van der Waals surface area contributed by atoms with Crippen molar-refractivity contribution in [2.75, 3.05) is 12.8 Å². The number of hydrogen-bond acceptors (Lipinski definition) is 4. The predicted molar refractivity (Wildman–Crippen MR) is 90.5 cm³/mol. The number of benzene rings is 1. The number of methoxy groups -OCH3 is 1. The molecule has 0 heterocycles. The first-order valence-electron chi connectivity index (χ1n) is 7.61. The second-order valence-electron chi connectivity index (χ2n) is 4.78. The molecule has 0 aliphatic heterocycles. The van der Waals surface area contributed by atoms with Crippen molar-refractivity contribution in [2.24, 2.45) is 0 Å². The standard InChI is InChI=1S/C10H13NO2.C6H8O.C2H6/c1-13-10(12)7-4-8-2-5-9(11)6-3-8;1-5-2-3-6(7)4-5;1-2/h2-3,5-6H,4,7,11H2,1H3;1-4H2;1-2H3. The van der Waals surface area contributed by atoms with Crippen LogP contribution in [0.1, 0.15) is 45.1 Å². The molecule has 1 aliphatic carbocycles. The molecule has 1 aliphatic rings. The van der Waals surface area contributed by atoms with Crippen LogP contribution in [0.4, 0.5) is 5.69 Å². The number of rotatable bonds is 3. The summed E-state index contributed by atoms with van der Waals surface area (Å²) in [6.45, 7) is 7.68. The molecular formula is C18H27NO3. The van der Waals surface area contributed by atoms with Gasteiger partial charge in [-0.05, 0) is 30.5 Å². The monoisotopic (exact) mass is 305 g/mol. The Labute approximate surface area is 133 Å². The fraction of sp³-hybridized carbons (Fsp3) is 0.444. The van der Waals surface area contributed by atoms with Crippen LogP contribution in [0.15, 0.2) is 36.4 Å². The number of anilines is 1. The van der Waals surface area contributed by atoms with Crippen molar-refractivity contribution in [3.63, 3.8) is 0 Å². The third kappa shape index (κ3) is 8.95. The number of carbonyl (C=O) groups excluding carboxylic acids is 2. The van der Waals surface area contributed by atoms with Crippen LogP contribution < -0.4 is 5.73 Å².